The lowest BCUT2D eigenvalue weighted by Crippen LogP contribution is -2.27. The second kappa shape index (κ2) is 7.48. The molecule has 2 N–H and O–H groups in total. The highest BCUT2D eigenvalue weighted by Gasteiger charge is 2.31. The van der Waals surface area contributed by atoms with Crippen molar-refractivity contribution in [1.29, 1.82) is 0 Å². The van der Waals surface area contributed by atoms with E-state index in [9.17, 15) is 9.18 Å². The molecule has 0 aliphatic carbocycles. The minimum atomic E-state index is -0.542. The van der Waals surface area contributed by atoms with Gasteiger partial charge in [-0.25, -0.2) is 9.18 Å². The standard InChI is InChI=1S/C16H18FN5O4/c1-24-14-19-13(20-15(21-14)25-2)5-9-3-4-10(6-12(9)17)22-8-11(7-18)26-16(22)23/h3-4,6,11H,5,7-8,18H2,1-2H3/t11-/m0/s1. The number of halogens is 1. The third-order valence-electron chi connectivity index (χ3n) is 3.84. The van der Waals surface area contributed by atoms with E-state index < -0.39 is 18.0 Å². The van der Waals surface area contributed by atoms with Crippen LogP contribution in [-0.4, -0.2) is 54.5 Å². The molecule has 1 aliphatic heterocycles. The number of cyclic esters (lactones) is 1. The van der Waals surface area contributed by atoms with E-state index in [4.69, 9.17) is 19.9 Å². The maximum absolute atomic E-state index is 14.5. The summed E-state index contributed by atoms with van der Waals surface area (Å²) in [5.74, 6) is -0.200. The number of nitrogens with two attached hydrogens (primary N) is 1. The summed E-state index contributed by atoms with van der Waals surface area (Å²) in [6.07, 6.45) is -0.827. The molecule has 10 heteroatoms. The number of ether oxygens (including phenoxy) is 3. The Balaban J connectivity index is 1.81. The van der Waals surface area contributed by atoms with Crippen LogP contribution in [0.3, 0.4) is 0 Å². The molecule has 1 aromatic heterocycles. The molecule has 1 aliphatic rings. The summed E-state index contributed by atoms with van der Waals surface area (Å²) in [5, 5.41) is 0. The quantitative estimate of drug-likeness (QED) is 0.806. The van der Waals surface area contributed by atoms with Gasteiger partial charge in [0.05, 0.1) is 26.5 Å². The molecule has 0 unspecified atom stereocenters. The lowest BCUT2D eigenvalue weighted by Gasteiger charge is -2.14. The topological polar surface area (TPSA) is 113 Å². The van der Waals surface area contributed by atoms with Gasteiger partial charge in [0.25, 0.3) is 0 Å². The maximum atomic E-state index is 14.5. The number of amides is 1. The highest BCUT2D eigenvalue weighted by molar-refractivity contribution is 5.89. The Morgan fingerprint density at radius 3 is 2.50 bits per heavy atom. The van der Waals surface area contributed by atoms with Crippen LogP contribution in [0, 0.1) is 5.82 Å². The smallest absolute Gasteiger partial charge is 0.414 e. The van der Waals surface area contributed by atoms with Crippen LogP contribution in [0.15, 0.2) is 18.2 Å². The second-order valence-corrected chi connectivity index (χ2v) is 5.53. The Bertz CT molecular complexity index is 797. The summed E-state index contributed by atoms with van der Waals surface area (Å²) in [4.78, 5) is 25.2. The summed E-state index contributed by atoms with van der Waals surface area (Å²) in [6.45, 7) is 0.502. The Hall–Kier alpha value is -3.01. The van der Waals surface area contributed by atoms with Crippen molar-refractivity contribution in [3.8, 4) is 12.0 Å². The summed E-state index contributed by atoms with van der Waals surface area (Å²) in [6, 6.07) is 4.63. The second-order valence-electron chi connectivity index (χ2n) is 5.53. The molecular weight excluding hydrogens is 345 g/mol. The zero-order chi connectivity index (χ0) is 18.7. The van der Waals surface area contributed by atoms with Crippen LogP contribution in [0.4, 0.5) is 14.9 Å². The van der Waals surface area contributed by atoms with Crippen LogP contribution in [0.1, 0.15) is 11.4 Å². The van der Waals surface area contributed by atoms with Crippen LogP contribution >= 0.6 is 0 Å². The largest absolute Gasteiger partial charge is 0.467 e. The lowest BCUT2D eigenvalue weighted by molar-refractivity contribution is 0.145. The molecule has 2 heterocycles. The Labute approximate surface area is 148 Å². The van der Waals surface area contributed by atoms with E-state index in [-0.39, 0.29) is 31.5 Å². The molecular formula is C16H18FN5O4. The van der Waals surface area contributed by atoms with Crippen molar-refractivity contribution in [2.24, 2.45) is 5.73 Å². The highest BCUT2D eigenvalue weighted by atomic mass is 19.1. The van der Waals surface area contributed by atoms with Gasteiger partial charge in [0.15, 0.2) is 0 Å². The van der Waals surface area contributed by atoms with Crippen molar-refractivity contribution >= 4 is 11.8 Å². The molecule has 1 amide bonds. The first-order valence-corrected chi connectivity index (χ1v) is 7.83. The first-order chi connectivity index (χ1) is 12.5. The first kappa shape index (κ1) is 17.8. The predicted molar refractivity (Wildman–Crippen MR) is 88.8 cm³/mol. The van der Waals surface area contributed by atoms with Crippen molar-refractivity contribution in [1.82, 2.24) is 15.0 Å². The van der Waals surface area contributed by atoms with Crippen molar-refractivity contribution in [3.63, 3.8) is 0 Å². The zero-order valence-electron chi connectivity index (χ0n) is 14.3. The van der Waals surface area contributed by atoms with Gasteiger partial charge in [-0.05, 0) is 17.7 Å². The molecule has 0 radical (unpaired) electrons. The molecule has 0 bridgehead atoms. The average molecular weight is 363 g/mol. The number of carbonyl (C=O) groups excluding carboxylic acids is 1. The van der Waals surface area contributed by atoms with E-state index >= 15 is 0 Å². The van der Waals surface area contributed by atoms with Crippen molar-refractivity contribution in [2.45, 2.75) is 12.5 Å². The minimum Gasteiger partial charge on any atom is -0.467 e. The molecule has 138 valence electrons. The number of benzene rings is 1. The van der Waals surface area contributed by atoms with Gasteiger partial charge in [0.2, 0.25) is 0 Å². The van der Waals surface area contributed by atoms with Gasteiger partial charge in [-0.3, -0.25) is 4.90 Å². The maximum Gasteiger partial charge on any atom is 0.414 e. The third kappa shape index (κ3) is 3.64. The van der Waals surface area contributed by atoms with Gasteiger partial charge in [0, 0.05) is 13.0 Å². The van der Waals surface area contributed by atoms with Crippen molar-refractivity contribution in [2.75, 3.05) is 32.2 Å². The average Bonchev–Trinajstić information content (AvgIpc) is 3.04. The molecule has 2 aromatic rings. The Morgan fingerprint density at radius 2 is 1.96 bits per heavy atom. The van der Waals surface area contributed by atoms with Gasteiger partial charge >= 0.3 is 18.1 Å². The summed E-state index contributed by atoms with van der Waals surface area (Å²) >= 11 is 0. The van der Waals surface area contributed by atoms with Gasteiger partial charge < -0.3 is 19.9 Å². The number of hydrogen-bond donors (Lipinski definition) is 1. The molecule has 9 nitrogen and oxygen atoms in total. The molecule has 26 heavy (non-hydrogen) atoms. The summed E-state index contributed by atoms with van der Waals surface area (Å²) in [5.41, 5.74) is 6.26. The number of hydrogen-bond acceptors (Lipinski definition) is 8. The van der Waals surface area contributed by atoms with Crippen LogP contribution in [0.25, 0.3) is 0 Å². The minimum absolute atomic E-state index is 0.0801. The van der Waals surface area contributed by atoms with Crippen LogP contribution in [0.5, 0.6) is 12.0 Å². The number of anilines is 1. The predicted octanol–water partition coefficient (Wildman–Crippen LogP) is 0.903. The SMILES string of the molecule is COc1nc(Cc2ccc(N3C[C@H](CN)OC3=O)cc2F)nc(OC)n1. The van der Waals surface area contributed by atoms with E-state index in [1.807, 2.05) is 0 Å². The van der Waals surface area contributed by atoms with E-state index in [2.05, 4.69) is 15.0 Å². The fourth-order valence-electron chi connectivity index (χ4n) is 2.51. The number of nitrogens with zero attached hydrogens (tertiary/aromatic N) is 4. The molecule has 1 fully saturated rings. The highest BCUT2D eigenvalue weighted by Crippen LogP contribution is 2.25. The lowest BCUT2D eigenvalue weighted by atomic mass is 10.1. The number of methoxy groups -OCH3 is 2. The normalized spacial score (nSPS) is 16.5. The third-order valence-corrected chi connectivity index (χ3v) is 3.84. The molecule has 1 atom stereocenters. The fourth-order valence-corrected chi connectivity index (χ4v) is 2.51. The first-order valence-electron chi connectivity index (χ1n) is 7.83. The fraction of sp³-hybridized carbons (Fsp3) is 0.375. The summed E-state index contributed by atoms with van der Waals surface area (Å²) < 4.78 is 29.6. The van der Waals surface area contributed by atoms with Crippen molar-refractivity contribution < 1.29 is 23.4 Å². The Kier molecular flexibility index (Phi) is 5.12. The molecule has 0 spiro atoms. The van der Waals surface area contributed by atoms with Gasteiger partial charge in [0.1, 0.15) is 17.7 Å². The molecule has 1 aromatic carbocycles. The van der Waals surface area contributed by atoms with Gasteiger partial charge in [-0.1, -0.05) is 6.07 Å². The molecule has 3 rings (SSSR count). The monoisotopic (exact) mass is 363 g/mol. The van der Waals surface area contributed by atoms with E-state index in [1.54, 1.807) is 12.1 Å². The van der Waals surface area contributed by atoms with E-state index in [1.165, 1.54) is 25.2 Å². The van der Waals surface area contributed by atoms with Crippen LogP contribution < -0.4 is 20.1 Å². The van der Waals surface area contributed by atoms with Crippen LogP contribution in [0.2, 0.25) is 0 Å². The molecule has 0 saturated carbocycles. The van der Waals surface area contributed by atoms with E-state index in [0.29, 0.717) is 17.1 Å². The van der Waals surface area contributed by atoms with Crippen LogP contribution in [-0.2, 0) is 11.2 Å². The van der Waals surface area contributed by atoms with Crippen molar-refractivity contribution in [3.05, 3.63) is 35.4 Å². The van der Waals surface area contributed by atoms with E-state index in [0.717, 1.165) is 0 Å². The Morgan fingerprint density at radius 1 is 1.27 bits per heavy atom. The number of rotatable bonds is 6. The molecule has 1 saturated heterocycles. The summed E-state index contributed by atoms with van der Waals surface area (Å²) in [7, 11) is 2.83. The number of carbonyl (C=O) groups is 1. The number of aromatic nitrogens is 3. The van der Waals surface area contributed by atoms with Gasteiger partial charge in [-0.2, -0.15) is 9.97 Å². The van der Waals surface area contributed by atoms with Gasteiger partial charge in [-0.15, -0.1) is 4.98 Å². The zero-order valence-corrected chi connectivity index (χ0v) is 14.3.